The number of amides is 1. The average molecular weight is 352 g/mol. The van der Waals surface area contributed by atoms with Gasteiger partial charge in [0.25, 0.3) is 0 Å². The van der Waals surface area contributed by atoms with Gasteiger partial charge in [0.1, 0.15) is 17.6 Å². The molecular weight excluding hydrogens is 328 g/mol. The predicted molar refractivity (Wildman–Crippen MR) is 101 cm³/mol. The van der Waals surface area contributed by atoms with E-state index in [1.54, 1.807) is 7.11 Å². The molecule has 0 unspecified atom stereocenters. The Morgan fingerprint density at radius 2 is 2.04 bits per heavy atom. The SMILES string of the molecule is CCCCC(=O)N1CCN(c2nc3ccc(OC)cc3cc2C#N)CC1. The third-order valence-corrected chi connectivity index (χ3v) is 4.80. The van der Waals surface area contributed by atoms with Crippen molar-refractivity contribution in [1.82, 2.24) is 9.88 Å². The Kier molecular flexibility index (Phi) is 5.57. The zero-order valence-corrected chi connectivity index (χ0v) is 15.4. The molecule has 0 N–H and O–H groups in total. The van der Waals surface area contributed by atoms with Gasteiger partial charge in [-0.3, -0.25) is 4.79 Å². The molecule has 26 heavy (non-hydrogen) atoms. The highest BCUT2D eigenvalue weighted by atomic mass is 16.5. The van der Waals surface area contributed by atoms with Gasteiger partial charge >= 0.3 is 0 Å². The minimum absolute atomic E-state index is 0.227. The largest absolute Gasteiger partial charge is 0.497 e. The molecule has 1 fully saturated rings. The molecule has 2 aromatic rings. The second-order valence-electron chi connectivity index (χ2n) is 6.50. The smallest absolute Gasteiger partial charge is 0.222 e. The quantitative estimate of drug-likeness (QED) is 0.827. The number of ether oxygens (including phenoxy) is 1. The molecule has 2 heterocycles. The van der Waals surface area contributed by atoms with Gasteiger partial charge in [-0.15, -0.1) is 0 Å². The van der Waals surface area contributed by atoms with Crippen LogP contribution < -0.4 is 9.64 Å². The number of nitriles is 1. The fourth-order valence-electron chi connectivity index (χ4n) is 3.25. The summed E-state index contributed by atoms with van der Waals surface area (Å²) >= 11 is 0. The van der Waals surface area contributed by atoms with Crippen molar-refractivity contribution in [3.05, 3.63) is 29.8 Å². The summed E-state index contributed by atoms with van der Waals surface area (Å²) in [6.07, 6.45) is 2.59. The fourth-order valence-corrected chi connectivity index (χ4v) is 3.25. The minimum atomic E-state index is 0.227. The molecule has 1 saturated heterocycles. The topological polar surface area (TPSA) is 69.5 Å². The molecule has 6 heteroatoms. The lowest BCUT2D eigenvalue weighted by atomic mass is 10.1. The number of methoxy groups -OCH3 is 1. The maximum Gasteiger partial charge on any atom is 0.222 e. The highest BCUT2D eigenvalue weighted by Gasteiger charge is 2.23. The summed E-state index contributed by atoms with van der Waals surface area (Å²) in [7, 11) is 1.62. The van der Waals surface area contributed by atoms with E-state index in [1.807, 2.05) is 29.2 Å². The monoisotopic (exact) mass is 352 g/mol. The molecule has 1 aromatic heterocycles. The van der Waals surface area contributed by atoms with Gasteiger partial charge < -0.3 is 14.5 Å². The summed E-state index contributed by atoms with van der Waals surface area (Å²) < 4.78 is 5.25. The molecule has 0 aliphatic carbocycles. The van der Waals surface area contributed by atoms with Crippen molar-refractivity contribution in [3.63, 3.8) is 0 Å². The molecule has 0 radical (unpaired) electrons. The maximum absolute atomic E-state index is 12.2. The molecule has 0 spiro atoms. The van der Waals surface area contributed by atoms with Gasteiger partial charge in [0.05, 0.1) is 18.2 Å². The molecule has 1 aromatic carbocycles. The van der Waals surface area contributed by atoms with Crippen molar-refractivity contribution in [2.75, 3.05) is 38.2 Å². The number of rotatable bonds is 5. The van der Waals surface area contributed by atoms with E-state index in [0.29, 0.717) is 44.0 Å². The van der Waals surface area contributed by atoms with Gasteiger partial charge in [-0.2, -0.15) is 5.26 Å². The van der Waals surface area contributed by atoms with Crippen molar-refractivity contribution in [2.45, 2.75) is 26.2 Å². The van der Waals surface area contributed by atoms with Crippen LogP contribution in [0.5, 0.6) is 5.75 Å². The first-order valence-corrected chi connectivity index (χ1v) is 9.08. The number of pyridine rings is 1. The first kappa shape index (κ1) is 18.0. The second-order valence-corrected chi connectivity index (χ2v) is 6.50. The van der Waals surface area contributed by atoms with Crippen molar-refractivity contribution in [2.24, 2.45) is 0 Å². The van der Waals surface area contributed by atoms with E-state index in [2.05, 4.69) is 17.9 Å². The third-order valence-electron chi connectivity index (χ3n) is 4.80. The van der Waals surface area contributed by atoms with Crippen LogP contribution in [0.3, 0.4) is 0 Å². The van der Waals surface area contributed by atoms with Gasteiger partial charge in [-0.1, -0.05) is 13.3 Å². The van der Waals surface area contributed by atoms with E-state index >= 15 is 0 Å². The van der Waals surface area contributed by atoms with Crippen LogP contribution in [0.15, 0.2) is 24.3 Å². The summed E-state index contributed by atoms with van der Waals surface area (Å²) in [6, 6.07) is 9.78. The lowest BCUT2D eigenvalue weighted by Crippen LogP contribution is -2.49. The number of fused-ring (bicyclic) bond motifs is 1. The number of unbranched alkanes of at least 4 members (excludes halogenated alkanes) is 1. The van der Waals surface area contributed by atoms with E-state index in [1.165, 1.54) is 0 Å². The Balaban J connectivity index is 1.78. The van der Waals surface area contributed by atoms with Gasteiger partial charge in [-0.25, -0.2) is 4.98 Å². The Morgan fingerprint density at radius 3 is 2.69 bits per heavy atom. The van der Waals surface area contributed by atoms with E-state index < -0.39 is 0 Å². The molecule has 136 valence electrons. The van der Waals surface area contributed by atoms with Crippen molar-refractivity contribution in [1.29, 1.82) is 5.26 Å². The first-order valence-electron chi connectivity index (χ1n) is 9.08. The van der Waals surface area contributed by atoms with Crippen LogP contribution >= 0.6 is 0 Å². The fraction of sp³-hybridized carbons (Fsp3) is 0.450. The third kappa shape index (κ3) is 3.72. The van der Waals surface area contributed by atoms with Crippen LogP contribution in [0.2, 0.25) is 0 Å². The van der Waals surface area contributed by atoms with Crippen LogP contribution in [-0.4, -0.2) is 49.1 Å². The number of carbonyl (C=O) groups excluding carboxylic acids is 1. The van der Waals surface area contributed by atoms with Crippen LogP contribution in [0.1, 0.15) is 31.7 Å². The zero-order chi connectivity index (χ0) is 18.5. The summed E-state index contributed by atoms with van der Waals surface area (Å²) in [4.78, 5) is 20.9. The number of piperazine rings is 1. The highest BCUT2D eigenvalue weighted by molar-refractivity contribution is 5.84. The highest BCUT2D eigenvalue weighted by Crippen LogP contribution is 2.26. The maximum atomic E-state index is 12.2. The number of benzene rings is 1. The van der Waals surface area contributed by atoms with E-state index in [0.717, 1.165) is 29.5 Å². The molecule has 1 aliphatic rings. The molecular formula is C20H24N4O2. The number of aromatic nitrogens is 1. The molecule has 0 bridgehead atoms. The predicted octanol–water partition coefficient (Wildman–Crippen LogP) is 2.95. The number of hydrogen-bond donors (Lipinski definition) is 0. The first-order chi connectivity index (χ1) is 12.7. The van der Waals surface area contributed by atoms with Gasteiger partial charge in [0.15, 0.2) is 0 Å². The summed E-state index contributed by atoms with van der Waals surface area (Å²) in [5.74, 6) is 1.67. The van der Waals surface area contributed by atoms with E-state index in [-0.39, 0.29) is 5.91 Å². The summed E-state index contributed by atoms with van der Waals surface area (Å²) in [5, 5.41) is 10.4. The van der Waals surface area contributed by atoms with Crippen LogP contribution in [-0.2, 0) is 4.79 Å². The van der Waals surface area contributed by atoms with Gasteiger partial charge in [0, 0.05) is 38.0 Å². The Hall–Kier alpha value is -2.81. The Morgan fingerprint density at radius 1 is 1.27 bits per heavy atom. The number of hydrogen-bond acceptors (Lipinski definition) is 5. The van der Waals surface area contributed by atoms with Crippen LogP contribution in [0.25, 0.3) is 10.9 Å². The summed E-state index contributed by atoms with van der Waals surface area (Å²) in [5.41, 5.74) is 1.39. The Bertz CT molecular complexity index is 836. The van der Waals surface area contributed by atoms with Crippen molar-refractivity contribution in [3.8, 4) is 11.8 Å². The normalized spacial score (nSPS) is 14.3. The van der Waals surface area contributed by atoms with Crippen molar-refractivity contribution >= 4 is 22.6 Å². The molecule has 1 aliphatic heterocycles. The van der Waals surface area contributed by atoms with Gasteiger partial charge in [0.2, 0.25) is 5.91 Å². The lowest BCUT2D eigenvalue weighted by molar-refractivity contribution is -0.131. The van der Waals surface area contributed by atoms with Crippen LogP contribution in [0, 0.1) is 11.3 Å². The number of nitrogens with zero attached hydrogens (tertiary/aromatic N) is 4. The molecule has 0 saturated carbocycles. The van der Waals surface area contributed by atoms with Crippen LogP contribution in [0.4, 0.5) is 5.82 Å². The molecule has 6 nitrogen and oxygen atoms in total. The number of carbonyl (C=O) groups is 1. The number of anilines is 1. The van der Waals surface area contributed by atoms with E-state index in [4.69, 9.17) is 9.72 Å². The molecule has 3 rings (SSSR count). The standard InChI is InChI=1S/C20H24N4O2/c1-3-4-5-19(25)23-8-10-24(11-9-23)20-16(14-21)12-15-13-17(26-2)6-7-18(15)22-20/h6-7,12-13H,3-5,8-11H2,1-2H3. The zero-order valence-electron chi connectivity index (χ0n) is 15.4. The minimum Gasteiger partial charge on any atom is -0.497 e. The van der Waals surface area contributed by atoms with Crippen molar-refractivity contribution < 1.29 is 9.53 Å². The molecule has 1 amide bonds. The average Bonchev–Trinajstić information content (AvgIpc) is 2.70. The second kappa shape index (κ2) is 8.05. The molecule has 0 atom stereocenters. The van der Waals surface area contributed by atoms with E-state index in [9.17, 15) is 10.1 Å². The lowest BCUT2D eigenvalue weighted by Gasteiger charge is -2.36. The summed E-state index contributed by atoms with van der Waals surface area (Å²) in [6.45, 7) is 4.84. The van der Waals surface area contributed by atoms with Gasteiger partial charge in [-0.05, 0) is 30.7 Å². The Labute approximate surface area is 154 Å².